The third-order valence-electron chi connectivity index (χ3n) is 4.78. The molecule has 0 bridgehead atoms. The second-order valence-electron chi connectivity index (χ2n) is 6.30. The monoisotopic (exact) mass is 326 g/mol. The van der Waals surface area contributed by atoms with Crippen molar-refractivity contribution in [3.8, 4) is 5.75 Å². The van der Waals surface area contributed by atoms with Crippen LogP contribution in [0.2, 0.25) is 0 Å². The molecular formula is C20H26N2O2. The summed E-state index contributed by atoms with van der Waals surface area (Å²) in [6.45, 7) is 3.03. The molecule has 0 spiro atoms. The smallest absolute Gasteiger partial charge is 0.123 e. The number of rotatable bonds is 6. The maximum atomic E-state index is 9.32. The number of benzene rings is 2. The molecule has 1 aliphatic heterocycles. The highest BCUT2D eigenvalue weighted by Gasteiger charge is 2.20. The van der Waals surface area contributed by atoms with Crippen LogP contribution in [0.15, 0.2) is 48.5 Å². The molecule has 24 heavy (non-hydrogen) atoms. The van der Waals surface area contributed by atoms with E-state index < -0.39 is 0 Å². The van der Waals surface area contributed by atoms with E-state index >= 15 is 0 Å². The van der Waals surface area contributed by atoms with Gasteiger partial charge in [-0.15, -0.1) is 0 Å². The number of hydrogen-bond donors (Lipinski definition) is 2. The SMILES string of the molecule is COc1ccccc1CNc1ccccc1N1CCC(CO)CC1. The van der Waals surface area contributed by atoms with E-state index in [0.29, 0.717) is 12.5 Å². The molecule has 1 saturated heterocycles. The zero-order valence-electron chi connectivity index (χ0n) is 14.2. The first-order chi connectivity index (χ1) is 11.8. The second-order valence-corrected chi connectivity index (χ2v) is 6.30. The Balaban J connectivity index is 1.70. The van der Waals surface area contributed by atoms with Crippen LogP contribution in [-0.2, 0) is 6.54 Å². The predicted octanol–water partition coefficient (Wildman–Crippen LogP) is 3.52. The number of aliphatic hydroxyl groups is 1. The van der Waals surface area contributed by atoms with Crippen LogP contribution in [0.4, 0.5) is 11.4 Å². The maximum absolute atomic E-state index is 9.32. The van der Waals surface area contributed by atoms with Gasteiger partial charge in [0, 0.05) is 31.8 Å². The number of nitrogens with one attached hydrogen (secondary N) is 1. The van der Waals surface area contributed by atoms with Crippen LogP contribution in [0.25, 0.3) is 0 Å². The topological polar surface area (TPSA) is 44.7 Å². The largest absolute Gasteiger partial charge is 0.496 e. The highest BCUT2D eigenvalue weighted by atomic mass is 16.5. The van der Waals surface area contributed by atoms with Crippen LogP contribution in [0.1, 0.15) is 18.4 Å². The lowest BCUT2D eigenvalue weighted by Crippen LogP contribution is -2.35. The van der Waals surface area contributed by atoms with Crippen molar-refractivity contribution >= 4 is 11.4 Å². The standard InChI is InChI=1S/C20H26N2O2/c1-24-20-9-5-2-6-17(20)14-21-18-7-3-4-8-19(18)22-12-10-16(15-23)11-13-22/h2-9,16,21,23H,10-15H2,1H3. The lowest BCUT2D eigenvalue weighted by atomic mass is 9.97. The minimum absolute atomic E-state index is 0.307. The minimum atomic E-state index is 0.307. The first kappa shape index (κ1) is 16.7. The molecule has 0 atom stereocenters. The van der Waals surface area contributed by atoms with E-state index in [1.807, 2.05) is 18.2 Å². The van der Waals surface area contributed by atoms with E-state index in [2.05, 4.69) is 40.5 Å². The highest BCUT2D eigenvalue weighted by molar-refractivity contribution is 5.70. The van der Waals surface area contributed by atoms with Crippen molar-refractivity contribution in [2.45, 2.75) is 19.4 Å². The molecule has 128 valence electrons. The number of piperidine rings is 1. The molecule has 0 saturated carbocycles. The summed E-state index contributed by atoms with van der Waals surface area (Å²) in [5.74, 6) is 1.36. The Kier molecular flexibility index (Phi) is 5.59. The van der Waals surface area contributed by atoms with E-state index in [1.165, 1.54) is 5.69 Å². The van der Waals surface area contributed by atoms with Crippen molar-refractivity contribution in [1.82, 2.24) is 0 Å². The van der Waals surface area contributed by atoms with Crippen molar-refractivity contribution in [1.29, 1.82) is 0 Å². The minimum Gasteiger partial charge on any atom is -0.496 e. The summed E-state index contributed by atoms with van der Waals surface area (Å²) in [5, 5.41) is 12.9. The molecule has 1 aliphatic rings. The molecule has 0 amide bonds. The normalized spacial score (nSPS) is 15.3. The third-order valence-corrected chi connectivity index (χ3v) is 4.78. The second kappa shape index (κ2) is 8.06. The number of methoxy groups -OCH3 is 1. The Morgan fingerprint density at radius 3 is 2.54 bits per heavy atom. The van der Waals surface area contributed by atoms with Crippen LogP contribution in [-0.4, -0.2) is 31.9 Å². The molecule has 4 heteroatoms. The number of hydrogen-bond acceptors (Lipinski definition) is 4. The zero-order valence-corrected chi connectivity index (χ0v) is 14.2. The predicted molar refractivity (Wildman–Crippen MR) is 98.8 cm³/mol. The summed E-state index contributed by atoms with van der Waals surface area (Å²) in [6.07, 6.45) is 2.11. The van der Waals surface area contributed by atoms with E-state index in [4.69, 9.17) is 4.74 Å². The van der Waals surface area contributed by atoms with E-state index in [1.54, 1.807) is 7.11 Å². The molecule has 0 aromatic heterocycles. The molecule has 2 N–H and O–H groups in total. The molecule has 0 aliphatic carbocycles. The summed E-state index contributed by atoms with van der Waals surface area (Å²) in [7, 11) is 1.71. The molecular weight excluding hydrogens is 300 g/mol. The van der Waals surface area contributed by atoms with Gasteiger partial charge in [-0.05, 0) is 37.0 Å². The Hall–Kier alpha value is -2.20. The van der Waals surface area contributed by atoms with Crippen LogP contribution < -0.4 is 15.0 Å². The van der Waals surface area contributed by atoms with Crippen molar-refractivity contribution in [2.24, 2.45) is 5.92 Å². The Labute approximate surface area is 144 Å². The number of anilines is 2. The number of ether oxygens (including phenoxy) is 1. The average molecular weight is 326 g/mol. The number of para-hydroxylation sites is 3. The molecule has 1 heterocycles. The fourth-order valence-corrected chi connectivity index (χ4v) is 3.29. The summed E-state index contributed by atoms with van der Waals surface area (Å²) in [5.41, 5.74) is 3.53. The van der Waals surface area contributed by atoms with E-state index in [9.17, 15) is 5.11 Å². The fraction of sp³-hybridized carbons (Fsp3) is 0.400. The van der Waals surface area contributed by atoms with Gasteiger partial charge >= 0.3 is 0 Å². The molecule has 0 unspecified atom stereocenters. The van der Waals surface area contributed by atoms with Gasteiger partial charge in [-0.1, -0.05) is 30.3 Å². The third kappa shape index (κ3) is 3.82. The zero-order chi connectivity index (χ0) is 16.8. The summed E-state index contributed by atoms with van der Waals surface area (Å²) in [6, 6.07) is 16.5. The van der Waals surface area contributed by atoms with Crippen LogP contribution in [0, 0.1) is 5.92 Å². The Morgan fingerprint density at radius 2 is 1.79 bits per heavy atom. The Morgan fingerprint density at radius 1 is 1.08 bits per heavy atom. The van der Waals surface area contributed by atoms with Gasteiger partial charge in [-0.25, -0.2) is 0 Å². The molecule has 2 aromatic carbocycles. The van der Waals surface area contributed by atoms with Gasteiger partial charge in [-0.3, -0.25) is 0 Å². The molecule has 1 fully saturated rings. The summed E-state index contributed by atoms with van der Waals surface area (Å²) < 4.78 is 5.43. The lowest BCUT2D eigenvalue weighted by Gasteiger charge is -2.34. The molecule has 0 radical (unpaired) electrons. The van der Waals surface area contributed by atoms with E-state index in [0.717, 1.165) is 49.5 Å². The summed E-state index contributed by atoms with van der Waals surface area (Å²) >= 11 is 0. The Bertz CT molecular complexity index is 652. The van der Waals surface area contributed by atoms with Gasteiger partial charge in [-0.2, -0.15) is 0 Å². The first-order valence-corrected chi connectivity index (χ1v) is 8.62. The van der Waals surface area contributed by atoms with Gasteiger partial charge in [0.25, 0.3) is 0 Å². The van der Waals surface area contributed by atoms with E-state index in [-0.39, 0.29) is 0 Å². The van der Waals surface area contributed by atoms with Crippen LogP contribution >= 0.6 is 0 Å². The first-order valence-electron chi connectivity index (χ1n) is 8.62. The van der Waals surface area contributed by atoms with Gasteiger partial charge < -0.3 is 20.1 Å². The van der Waals surface area contributed by atoms with Gasteiger partial charge in [0.1, 0.15) is 5.75 Å². The van der Waals surface area contributed by atoms with Crippen molar-refractivity contribution in [3.05, 3.63) is 54.1 Å². The average Bonchev–Trinajstić information content (AvgIpc) is 2.67. The van der Waals surface area contributed by atoms with Crippen molar-refractivity contribution in [3.63, 3.8) is 0 Å². The van der Waals surface area contributed by atoms with Crippen LogP contribution in [0.5, 0.6) is 5.75 Å². The maximum Gasteiger partial charge on any atom is 0.123 e. The van der Waals surface area contributed by atoms with Crippen LogP contribution in [0.3, 0.4) is 0 Å². The lowest BCUT2D eigenvalue weighted by molar-refractivity contribution is 0.203. The highest BCUT2D eigenvalue weighted by Crippen LogP contribution is 2.30. The molecule has 2 aromatic rings. The van der Waals surface area contributed by atoms with Gasteiger partial charge in [0.05, 0.1) is 18.5 Å². The van der Waals surface area contributed by atoms with Crippen molar-refractivity contribution in [2.75, 3.05) is 37.0 Å². The molecule has 3 rings (SSSR count). The van der Waals surface area contributed by atoms with Crippen molar-refractivity contribution < 1.29 is 9.84 Å². The number of aliphatic hydroxyl groups excluding tert-OH is 1. The fourth-order valence-electron chi connectivity index (χ4n) is 3.29. The number of nitrogens with zero attached hydrogens (tertiary/aromatic N) is 1. The van der Waals surface area contributed by atoms with Gasteiger partial charge in [0.2, 0.25) is 0 Å². The summed E-state index contributed by atoms with van der Waals surface area (Å²) in [4.78, 5) is 2.41. The quantitative estimate of drug-likeness (QED) is 0.852. The van der Waals surface area contributed by atoms with Gasteiger partial charge in [0.15, 0.2) is 0 Å². The molecule has 4 nitrogen and oxygen atoms in total.